The number of sulfonamides is 1. The lowest BCUT2D eigenvalue weighted by atomic mass is 9.76. The predicted molar refractivity (Wildman–Crippen MR) is 96.4 cm³/mol. The molecule has 0 amide bonds. The molecule has 0 radical (unpaired) electrons. The van der Waals surface area contributed by atoms with Crippen LogP contribution in [0.2, 0.25) is 0 Å². The molecule has 6 nitrogen and oxygen atoms in total. The van der Waals surface area contributed by atoms with Crippen molar-refractivity contribution in [2.75, 3.05) is 7.11 Å². The Balaban J connectivity index is 1.90. The van der Waals surface area contributed by atoms with Crippen LogP contribution in [0.4, 0.5) is 0 Å². The molecule has 25 heavy (non-hydrogen) atoms. The number of pyridine rings is 1. The number of thiophene rings is 1. The van der Waals surface area contributed by atoms with Crippen molar-refractivity contribution in [1.82, 2.24) is 9.71 Å². The molecule has 1 atom stereocenters. The number of nitrogens with zero attached hydrogens (tertiary/aromatic N) is 1. The summed E-state index contributed by atoms with van der Waals surface area (Å²) in [5, 5.41) is 9.65. The van der Waals surface area contributed by atoms with Gasteiger partial charge in [-0.15, -0.1) is 11.3 Å². The number of methoxy groups -OCH3 is 1. The Bertz CT molecular complexity index is 840. The summed E-state index contributed by atoms with van der Waals surface area (Å²) < 4.78 is 33.7. The monoisotopic (exact) mass is 382 g/mol. The Labute approximate surface area is 151 Å². The van der Waals surface area contributed by atoms with Crippen molar-refractivity contribution < 1.29 is 18.3 Å². The van der Waals surface area contributed by atoms with Gasteiger partial charge in [-0.05, 0) is 44.2 Å². The fraction of sp³-hybridized carbons (Fsp3) is 0.471. The van der Waals surface area contributed by atoms with Crippen LogP contribution < -0.4 is 9.46 Å². The highest BCUT2D eigenvalue weighted by atomic mass is 32.2. The van der Waals surface area contributed by atoms with Gasteiger partial charge in [0.1, 0.15) is 0 Å². The van der Waals surface area contributed by atoms with E-state index in [4.69, 9.17) is 4.74 Å². The average molecular weight is 383 g/mol. The highest BCUT2D eigenvalue weighted by Crippen LogP contribution is 2.39. The lowest BCUT2D eigenvalue weighted by Gasteiger charge is -2.38. The van der Waals surface area contributed by atoms with E-state index >= 15 is 0 Å². The molecule has 1 aliphatic carbocycles. The van der Waals surface area contributed by atoms with Crippen LogP contribution in [0.5, 0.6) is 5.88 Å². The largest absolute Gasteiger partial charge is 0.481 e. The maximum Gasteiger partial charge on any atom is 0.242 e. The van der Waals surface area contributed by atoms with E-state index in [2.05, 4.69) is 9.71 Å². The number of hydrogen-bond donors (Lipinski definition) is 2. The third-order valence-corrected chi connectivity index (χ3v) is 7.18. The van der Waals surface area contributed by atoms with E-state index in [1.165, 1.54) is 18.4 Å². The molecule has 1 saturated carbocycles. The fourth-order valence-electron chi connectivity index (χ4n) is 3.14. The van der Waals surface area contributed by atoms with Gasteiger partial charge in [0.15, 0.2) is 0 Å². The third-order valence-electron chi connectivity index (χ3n) is 4.52. The van der Waals surface area contributed by atoms with Crippen LogP contribution in [0.3, 0.4) is 0 Å². The van der Waals surface area contributed by atoms with Crippen molar-refractivity contribution >= 4 is 21.4 Å². The fourth-order valence-corrected chi connectivity index (χ4v) is 5.99. The molecule has 0 saturated heterocycles. The molecule has 0 bridgehead atoms. The first kappa shape index (κ1) is 18.3. The average Bonchev–Trinajstić information content (AvgIpc) is 2.89. The van der Waals surface area contributed by atoms with Gasteiger partial charge in [-0.2, -0.15) is 0 Å². The molecule has 2 aromatic heterocycles. The molecule has 1 aliphatic rings. The first-order valence-corrected chi connectivity index (χ1v) is 10.4. The summed E-state index contributed by atoms with van der Waals surface area (Å²) in [6, 6.07) is 4.80. The smallest absolute Gasteiger partial charge is 0.242 e. The number of aromatic nitrogens is 1. The Morgan fingerprint density at radius 3 is 2.56 bits per heavy atom. The molecule has 2 heterocycles. The molecular weight excluding hydrogens is 360 g/mol. The molecule has 2 N–H and O–H groups in total. The number of nitrogens with one attached hydrogen (secondary N) is 1. The van der Waals surface area contributed by atoms with Crippen LogP contribution in [0.1, 0.15) is 34.2 Å². The topological polar surface area (TPSA) is 88.5 Å². The predicted octanol–water partition coefficient (Wildman–Crippen LogP) is 2.56. The van der Waals surface area contributed by atoms with Crippen molar-refractivity contribution in [1.29, 1.82) is 0 Å². The minimum absolute atomic E-state index is 0.0417. The Morgan fingerprint density at radius 1 is 1.36 bits per heavy atom. The van der Waals surface area contributed by atoms with Gasteiger partial charge in [0.25, 0.3) is 0 Å². The van der Waals surface area contributed by atoms with E-state index in [0.717, 1.165) is 15.3 Å². The summed E-state index contributed by atoms with van der Waals surface area (Å²) >= 11 is 1.46. The maximum absolute atomic E-state index is 12.9. The molecule has 3 rings (SSSR count). The molecule has 2 aromatic rings. The Hall–Kier alpha value is -1.48. The van der Waals surface area contributed by atoms with Crippen molar-refractivity contribution in [3.8, 4) is 5.88 Å². The molecule has 0 unspecified atom stereocenters. The normalized spacial score (nSPS) is 21.6. The second kappa shape index (κ2) is 7.03. The van der Waals surface area contributed by atoms with Gasteiger partial charge in [0, 0.05) is 22.0 Å². The lowest BCUT2D eigenvalue weighted by molar-refractivity contribution is 0.0279. The van der Waals surface area contributed by atoms with Crippen LogP contribution >= 0.6 is 11.3 Å². The van der Waals surface area contributed by atoms with Gasteiger partial charge in [-0.3, -0.25) is 0 Å². The number of hydrogen-bond acceptors (Lipinski definition) is 6. The second-order valence-electron chi connectivity index (χ2n) is 6.40. The van der Waals surface area contributed by atoms with Gasteiger partial charge in [-0.1, -0.05) is 6.07 Å². The zero-order valence-corrected chi connectivity index (χ0v) is 16.0. The van der Waals surface area contributed by atoms with Crippen molar-refractivity contribution in [3.63, 3.8) is 0 Å². The second-order valence-corrected chi connectivity index (χ2v) is 9.54. The molecular formula is C17H22N2O4S2. The highest BCUT2D eigenvalue weighted by Gasteiger charge is 2.37. The van der Waals surface area contributed by atoms with E-state index in [9.17, 15) is 13.5 Å². The number of ether oxygens (including phenoxy) is 1. The first-order valence-electron chi connectivity index (χ1n) is 8.07. The lowest BCUT2D eigenvalue weighted by Crippen LogP contribution is -2.41. The first-order chi connectivity index (χ1) is 11.8. The van der Waals surface area contributed by atoms with Crippen molar-refractivity contribution in [2.45, 2.75) is 43.7 Å². The maximum atomic E-state index is 12.9. The number of rotatable bonds is 6. The van der Waals surface area contributed by atoms with E-state index in [1.54, 1.807) is 18.3 Å². The van der Waals surface area contributed by atoms with Crippen molar-refractivity contribution in [2.24, 2.45) is 5.92 Å². The van der Waals surface area contributed by atoms with E-state index in [1.807, 2.05) is 19.9 Å². The van der Waals surface area contributed by atoms with E-state index in [-0.39, 0.29) is 12.0 Å². The number of aliphatic hydroxyl groups is 1. The molecule has 0 aliphatic heterocycles. The molecule has 136 valence electrons. The van der Waals surface area contributed by atoms with Gasteiger partial charge < -0.3 is 9.84 Å². The molecule has 1 fully saturated rings. The minimum Gasteiger partial charge on any atom is -0.481 e. The summed E-state index contributed by atoms with van der Waals surface area (Å²) in [6.45, 7) is 3.70. The summed E-state index contributed by atoms with van der Waals surface area (Å²) in [4.78, 5) is 6.23. The number of aryl methyl sites for hydroxylation is 2. The summed E-state index contributed by atoms with van der Waals surface area (Å²) in [5.74, 6) is 0.517. The SMILES string of the molecule is COc1ccc([C@H](NS(=O)(=O)c2cc(C)sc2C)C2CC(O)C2)cn1. The van der Waals surface area contributed by atoms with Gasteiger partial charge in [0.2, 0.25) is 15.9 Å². The number of aliphatic hydroxyl groups excluding tert-OH is 1. The van der Waals surface area contributed by atoms with Crippen LogP contribution in [-0.4, -0.2) is 31.7 Å². The summed E-state index contributed by atoms with van der Waals surface area (Å²) in [7, 11) is -2.12. The quantitative estimate of drug-likeness (QED) is 0.802. The van der Waals surface area contributed by atoms with Crippen LogP contribution in [-0.2, 0) is 10.0 Å². The van der Waals surface area contributed by atoms with E-state index in [0.29, 0.717) is 23.6 Å². The van der Waals surface area contributed by atoms with Gasteiger partial charge in [0.05, 0.1) is 24.2 Å². The Kier molecular flexibility index (Phi) is 5.15. The summed E-state index contributed by atoms with van der Waals surface area (Å²) in [6.07, 6.45) is 2.40. The van der Waals surface area contributed by atoms with E-state index < -0.39 is 16.1 Å². The van der Waals surface area contributed by atoms with Crippen LogP contribution in [0.15, 0.2) is 29.3 Å². The Morgan fingerprint density at radius 2 is 2.08 bits per heavy atom. The third kappa shape index (κ3) is 3.87. The van der Waals surface area contributed by atoms with Gasteiger partial charge in [-0.25, -0.2) is 18.1 Å². The van der Waals surface area contributed by atoms with Gasteiger partial charge >= 0.3 is 0 Å². The molecule has 0 spiro atoms. The highest BCUT2D eigenvalue weighted by molar-refractivity contribution is 7.89. The summed E-state index contributed by atoms with van der Waals surface area (Å²) in [5.41, 5.74) is 0.769. The van der Waals surface area contributed by atoms with Crippen molar-refractivity contribution in [3.05, 3.63) is 39.7 Å². The van der Waals surface area contributed by atoms with Crippen LogP contribution in [0.25, 0.3) is 0 Å². The zero-order valence-electron chi connectivity index (χ0n) is 14.4. The standard InChI is InChI=1S/C17H22N2O4S2/c1-10-6-15(11(2)24-10)25(21,22)19-17(13-7-14(20)8-13)12-4-5-16(23-3)18-9-12/h4-6,9,13-14,17,19-20H,7-8H2,1-3H3/t13?,14?,17-/m0/s1. The minimum atomic E-state index is -3.65. The molecule has 0 aromatic carbocycles. The zero-order chi connectivity index (χ0) is 18.2. The van der Waals surface area contributed by atoms with Crippen LogP contribution in [0, 0.1) is 19.8 Å². The molecule has 8 heteroatoms.